The van der Waals surface area contributed by atoms with Gasteiger partial charge in [-0.05, 0) is 43.5 Å². The lowest BCUT2D eigenvalue weighted by molar-refractivity contribution is -0.384. The van der Waals surface area contributed by atoms with Gasteiger partial charge in [0.2, 0.25) is 5.91 Å². The molecule has 0 aliphatic carbocycles. The number of nitrogens with zero attached hydrogens (tertiary/aromatic N) is 2. The van der Waals surface area contributed by atoms with Crippen LogP contribution in [0.5, 0.6) is 0 Å². The molecule has 2 aromatic carbocycles. The molecule has 142 valence electrons. The van der Waals surface area contributed by atoms with Crippen LogP contribution in [0.2, 0.25) is 0 Å². The van der Waals surface area contributed by atoms with Crippen molar-refractivity contribution in [2.45, 2.75) is 25.8 Å². The van der Waals surface area contributed by atoms with Crippen molar-refractivity contribution >= 4 is 23.0 Å². The summed E-state index contributed by atoms with van der Waals surface area (Å²) in [5, 5.41) is 16.7. The lowest BCUT2D eigenvalue weighted by Gasteiger charge is -2.36. The van der Waals surface area contributed by atoms with Crippen molar-refractivity contribution in [2.24, 2.45) is 0 Å². The van der Waals surface area contributed by atoms with Crippen molar-refractivity contribution in [1.82, 2.24) is 5.32 Å². The zero-order valence-electron chi connectivity index (χ0n) is 15.4. The van der Waals surface area contributed by atoms with Crippen molar-refractivity contribution in [1.29, 1.82) is 0 Å². The standard InChI is InChI=1S/C20H24N4O3/c1-15-6-7-16-4-2-3-5-19(16)23(15)14-20(25)22-13-12-21-17-8-10-18(11-9-17)24(26)27/h2-5,8-11,15,21H,6-7,12-14H2,1H3,(H,22,25)/t15-/m1/s1. The van der Waals surface area contributed by atoms with Crippen LogP contribution in [0.15, 0.2) is 48.5 Å². The normalized spacial score (nSPS) is 15.7. The number of nitro benzene ring substituents is 1. The Morgan fingerprint density at radius 1 is 1.19 bits per heavy atom. The van der Waals surface area contributed by atoms with Crippen molar-refractivity contribution in [3.8, 4) is 0 Å². The third kappa shape index (κ3) is 4.75. The van der Waals surface area contributed by atoms with E-state index in [1.54, 1.807) is 12.1 Å². The number of fused-ring (bicyclic) bond motifs is 1. The van der Waals surface area contributed by atoms with E-state index in [1.807, 2.05) is 12.1 Å². The average molecular weight is 368 g/mol. The third-order valence-electron chi connectivity index (χ3n) is 4.83. The Kier molecular flexibility index (Phi) is 5.90. The van der Waals surface area contributed by atoms with E-state index >= 15 is 0 Å². The largest absolute Gasteiger partial charge is 0.383 e. The van der Waals surface area contributed by atoms with Gasteiger partial charge in [-0.2, -0.15) is 0 Å². The number of hydrogen-bond acceptors (Lipinski definition) is 5. The van der Waals surface area contributed by atoms with Crippen LogP contribution in [0.1, 0.15) is 18.9 Å². The maximum Gasteiger partial charge on any atom is 0.269 e. The number of non-ortho nitro benzene ring substituents is 1. The molecule has 1 aliphatic rings. The fraction of sp³-hybridized carbons (Fsp3) is 0.350. The molecule has 2 N–H and O–H groups in total. The molecule has 0 aromatic heterocycles. The number of amides is 1. The number of nitro groups is 1. The molecule has 0 spiro atoms. The maximum absolute atomic E-state index is 12.3. The first-order chi connectivity index (χ1) is 13.0. The van der Waals surface area contributed by atoms with E-state index in [-0.39, 0.29) is 11.6 Å². The highest BCUT2D eigenvalue weighted by atomic mass is 16.6. The van der Waals surface area contributed by atoms with E-state index in [9.17, 15) is 14.9 Å². The van der Waals surface area contributed by atoms with Gasteiger partial charge in [-0.3, -0.25) is 14.9 Å². The van der Waals surface area contributed by atoms with Gasteiger partial charge in [0.25, 0.3) is 5.69 Å². The van der Waals surface area contributed by atoms with Gasteiger partial charge in [-0.1, -0.05) is 18.2 Å². The summed E-state index contributed by atoms with van der Waals surface area (Å²) >= 11 is 0. The van der Waals surface area contributed by atoms with Crippen molar-refractivity contribution in [2.75, 3.05) is 29.9 Å². The Hall–Kier alpha value is -3.09. The Morgan fingerprint density at radius 2 is 1.93 bits per heavy atom. The molecule has 0 bridgehead atoms. The fourth-order valence-corrected chi connectivity index (χ4v) is 3.32. The third-order valence-corrected chi connectivity index (χ3v) is 4.83. The average Bonchev–Trinajstić information content (AvgIpc) is 2.68. The van der Waals surface area contributed by atoms with Crippen molar-refractivity contribution in [3.63, 3.8) is 0 Å². The summed E-state index contributed by atoms with van der Waals surface area (Å²) in [4.78, 5) is 24.7. The van der Waals surface area contributed by atoms with Gasteiger partial charge in [0.1, 0.15) is 0 Å². The molecule has 0 unspecified atom stereocenters. The lowest BCUT2D eigenvalue weighted by Crippen LogP contribution is -2.45. The highest BCUT2D eigenvalue weighted by Crippen LogP contribution is 2.29. The van der Waals surface area contributed by atoms with Gasteiger partial charge in [0, 0.05) is 42.6 Å². The first-order valence-corrected chi connectivity index (χ1v) is 9.14. The summed E-state index contributed by atoms with van der Waals surface area (Å²) in [7, 11) is 0. The molecular formula is C20H24N4O3. The van der Waals surface area contributed by atoms with Crippen LogP contribution < -0.4 is 15.5 Å². The minimum Gasteiger partial charge on any atom is -0.383 e. The first kappa shape index (κ1) is 18.7. The first-order valence-electron chi connectivity index (χ1n) is 9.14. The molecule has 0 saturated carbocycles. The van der Waals surface area contributed by atoms with Gasteiger partial charge in [0.05, 0.1) is 11.5 Å². The molecule has 0 saturated heterocycles. The zero-order chi connectivity index (χ0) is 19.2. The van der Waals surface area contributed by atoms with Crippen LogP contribution in [0.3, 0.4) is 0 Å². The van der Waals surface area contributed by atoms with Crippen LogP contribution in [-0.2, 0) is 11.2 Å². The van der Waals surface area contributed by atoms with Gasteiger partial charge >= 0.3 is 0 Å². The number of benzene rings is 2. The highest BCUT2D eigenvalue weighted by molar-refractivity contribution is 5.82. The molecule has 0 radical (unpaired) electrons. The fourth-order valence-electron chi connectivity index (χ4n) is 3.32. The van der Waals surface area contributed by atoms with E-state index in [0.717, 1.165) is 24.2 Å². The molecule has 2 aromatic rings. The van der Waals surface area contributed by atoms with Gasteiger partial charge < -0.3 is 15.5 Å². The number of para-hydroxylation sites is 1. The predicted octanol–water partition coefficient (Wildman–Crippen LogP) is 2.96. The molecule has 1 aliphatic heterocycles. The maximum atomic E-state index is 12.3. The van der Waals surface area contributed by atoms with Crippen LogP contribution in [-0.4, -0.2) is 36.5 Å². The van der Waals surface area contributed by atoms with E-state index in [4.69, 9.17) is 0 Å². The Labute approximate surface area is 158 Å². The Bertz CT molecular complexity index is 807. The predicted molar refractivity (Wildman–Crippen MR) is 106 cm³/mol. The Morgan fingerprint density at radius 3 is 2.67 bits per heavy atom. The number of anilines is 2. The number of rotatable bonds is 7. The molecule has 7 heteroatoms. The minimum absolute atomic E-state index is 0.0101. The van der Waals surface area contributed by atoms with Gasteiger partial charge in [-0.15, -0.1) is 0 Å². The molecule has 1 amide bonds. The van der Waals surface area contributed by atoms with Crippen molar-refractivity contribution in [3.05, 3.63) is 64.2 Å². The van der Waals surface area contributed by atoms with E-state index in [0.29, 0.717) is 25.7 Å². The second-order valence-corrected chi connectivity index (χ2v) is 6.73. The highest BCUT2D eigenvalue weighted by Gasteiger charge is 2.24. The summed E-state index contributed by atoms with van der Waals surface area (Å²) in [6, 6.07) is 14.8. The summed E-state index contributed by atoms with van der Waals surface area (Å²) in [6.45, 7) is 3.53. The Balaban J connectivity index is 1.45. The number of nitrogens with one attached hydrogen (secondary N) is 2. The lowest BCUT2D eigenvalue weighted by atomic mass is 9.97. The summed E-state index contributed by atoms with van der Waals surface area (Å²) < 4.78 is 0. The number of carbonyl (C=O) groups is 1. The molecule has 7 nitrogen and oxygen atoms in total. The number of aryl methyl sites for hydroxylation is 1. The number of hydrogen-bond donors (Lipinski definition) is 2. The van der Waals surface area contributed by atoms with Crippen LogP contribution >= 0.6 is 0 Å². The van der Waals surface area contributed by atoms with Crippen LogP contribution in [0.4, 0.5) is 17.1 Å². The summed E-state index contributed by atoms with van der Waals surface area (Å²) in [6.07, 6.45) is 2.10. The quantitative estimate of drug-likeness (QED) is 0.446. The molecule has 1 heterocycles. The monoisotopic (exact) mass is 368 g/mol. The van der Waals surface area contributed by atoms with E-state index in [2.05, 4.69) is 34.6 Å². The minimum atomic E-state index is -0.427. The molecule has 1 atom stereocenters. The van der Waals surface area contributed by atoms with Gasteiger partial charge in [-0.25, -0.2) is 0 Å². The van der Waals surface area contributed by atoms with E-state index in [1.165, 1.54) is 17.7 Å². The SMILES string of the molecule is C[C@@H]1CCc2ccccc2N1CC(=O)NCCNc1ccc([N+](=O)[O-])cc1. The van der Waals surface area contributed by atoms with Crippen molar-refractivity contribution < 1.29 is 9.72 Å². The zero-order valence-corrected chi connectivity index (χ0v) is 15.4. The topological polar surface area (TPSA) is 87.5 Å². The van der Waals surface area contributed by atoms with Crippen LogP contribution in [0, 0.1) is 10.1 Å². The second kappa shape index (κ2) is 8.53. The molecule has 3 rings (SSSR count). The molecule has 0 fully saturated rings. The summed E-state index contributed by atoms with van der Waals surface area (Å²) in [5.41, 5.74) is 3.29. The molecule has 27 heavy (non-hydrogen) atoms. The summed E-state index contributed by atoms with van der Waals surface area (Å²) in [5.74, 6) is -0.0101. The number of carbonyl (C=O) groups excluding carboxylic acids is 1. The van der Waals surface area contributed by atoms with Gasteiger partial charge in [0.15, 0.2) is 0 Å². The van der Waals surface area contributed by atoms with Crippen LogP contribution in [0.25, 0.3) is 0 Å². The smallest absolute Gasteiger partial charge is 0.269 e. The van der Waals surface area contributed by atoms with E-state index < -0.39 is 4.92 Å². The molecular weight excluding hydrogens is 344 g/mol. The second-order valence-electron chi connectivity index (χ2n) is 6.73.